The van der Waals surface area contributed by atoms with Crippen LogP contribution in [0, 0.1) is 6.92 Å². The number of amides is 1. The summed E-state index contributed by atoms with van der Waals surface area (Å²) >= 11 is 0. The molecule has 0 radical (unpaired) electrons. The minimum Gasteiger partial charge on any atom is -0.408 e. The van der Waals surface area contributed by atoms with E-state index >= 15 is 0 Å². The lowest BCUT2D eigenvalue weighted by Crippen LogP contribution is -2.52. The van der Waals surface area contributed by atoms with Gasteiger partial charge in [0.25, 0.3) is 5.56 Å². The second-order valence-electron chi connectivity index (χ2n) is 9.50. The van der Waals surface area contributed by atoms with Gasteiger partial charge in [0, 0.05) is 18.8 Å². The first-order valence-electron chi connectivity index (χ1n) is 10.3. The molecule has 2 heterocycles. The van der Waals surface area contributed by atoms with Crippen molar-refractivity contribution in [2.45, 2.75) is 83.4 Å². The molecule has 1 aliphatic heterocycles. The van der Waals surface area contributed by atoms with Gasteiger partial charge in [0.15, 0.2) is 14.5 Å². The number of aliphatic hydroxyl groups excluding tert-OH is 1. The summed E-state index contributed by atoms with van der Waals surface area (Å²) in [5.41, 5.74) is -0.856. The molecular weight excluding hydrogens is 422 g/mol. The maximum atomic E-state index is 12.5. The highest BCUT2D eigenvalue weighted by molar-refractivity contribution is 6.74. The van der Waals surface area contributed by atoms with Crippen molar-refractivity contribution in [2.24, 2.45) is 0 Å². The van der Waals surface area contributed by atoms with Crippen molar-refractivity contribution in [3.63, 3.8) is 0 Å². The van der Waals surface area contributed by atoms with E-state index in [1.54, 1.807) is 13.8 Å². The number of H-pyrrole nitrogens is 1. The molecular formula is C20H35N3O7Si. The predicted molar refractivity (Wildman–Crippen MR) is 118 cm³/mol. The summed E-state index contributed by atoms with van der Waals surface area (Å²) in [6, 6.07) is 0. The molecule has 0 saturated carbocycles. The van der Waals surface area contributed by atoms with E-state index in [0.717, 1.165) is 0 Å². The summed E-state index contributed by atoms with van der Waals surface area (Å²) < 4.78 is 19.8. The third-order valence-corrected chi connectivity index (χ3v) is 10.5. The number of aromatic amines is 1. The lowest BCUT2D eigenvalue weighted by atomic mass is 10.1. The number of rotatable bonds is 7. The molecule has 2 rings (SSSR count). The normalized spacial score (nSPS) is 25.5. The molecule has 1 aliphatic rings. The first kappa shape index (κ1) is 25.5. The SMILES string of the molecule is CNC(=O)CO[C@@H]1[C@H](O[Si](C)(C)C(C)(C)C)[C@@H]([C@H](C)O)O[C@H]1n1cc(C)c(=O)[nH]c1=O. The van der Waals surface area contributed by atoms with Gasteiger partial charge in [-0.25, -0.2) is 4.79 Å². The van der Waals surface area contributed by atoms with E-state index < -0.39 is 50.2 Å². The molecule has 5 atom stereocenters. The van der Waals surface area contributed by atoms with Crippen LogP contribution < -0.4 is 16.6 Å². The number of aromatic nitrogens is 2. The van der Waals surface area contributed by atoms with Crippen LogP contribution >= 0.6 is 0 Å². The van der Waals surface area contributed by atoms with Crippen LogP contribution in [0.5, 0.6) is 0 Å². The van der Waals surface area contributed by atoms with Gasteiger partial charge in [-0.05, 0) is 32.0 Å². The first-order valence-corrected chi connectivity index (χ1v) is 13.3. The Hall–Kier alpha value is -1.79. The molecule has 10 nitrogen and oxygen atoms in total. The first-order chi connectivity index (χ1) is 14.2. The number of carbonyl (C=O) groups is 1. The standard InChI is InChI=1S/C20H35N3O7Si/c1-11-9-23(19(27)22-17(11)26)18-16(28-10-13(25)21-6)15(14(29-18)12(2)24)30-31(7,8)20(3,4)5/h9,12,14-16,18,24H,10H2,1-8H3,(H,21,25)(H,22,26,27)/t12-,14+,15+,16+,18+/m0/s1. The Morgan fingerprint density at radius 3 is 2.48 bits per heavy atom. The summed E-state index contributed by atoms with van der Waals surface area (Å²) in [7, 11) is -0.852. The van der Waals surface area contributed by atoms with Gasteiger partial charge in [0.2, 0.25) is 5.91 Å². The summed E-state index contributed by atoms with van der Waals surface area (Å²) in [4.78, 5) is 38.5. The predicted octanol–water partition coefficient (Wildman–Crippen LogP) is 0.645. The number of ether oxygens (including phenoxy) is 2. The van der Waals surface area contributed by atoms with Crippen molar-refractivity contribution in [2.75, 3.05) is 13.7 Å². The maximum absolute atomic E-state index is 12.5. The van der Waals surface area contributed by atoms with Gasteiger partial charge in [-0.2, -0.15) is 0 Å². The van der Waals surface area contributed by atoms with Crippen LogP contribution in [0.2, 0.25) is 18.1 Å². The summed E-state index contributed by atoms with van der Waals surface area (Å²) in [6.45, 7) is 13.2. The molecule has 1 saturated heterocycles. The molecule has 31 heavy (non-hydrogen) atoms. The Morgan fingerprint density at radius 1 is 1.35 bits per heavy atom. The number of hydrogen-bond donors (Lipinski definition) is 3. The number of aliphatic hydroxyl groups is 1. The highest BCUT2D eigenvalue weighted by atomic mass is 28.4. The largest absolute Gasteiger partial charge is 0.408 e. The highest BCUT2D eigenvalue weighted by Gasteiger charge is 2.53. The topological polar surface area (TPSA) is 132 Å². The maximum Gasteiger partial charge on any atom is 0.330 e. The molecule has 0 spiro atoms. The van der Waals surface area contributed by atoms with Crippen LogP contribution in [0.15, 0.2) is 15.8 Å². The molecule has 0 aromatic carbocycles. The van der Waals surface area contributed by atoms with Crippen LogP contribution in [0.3, 0.4) is 0 Å². The summed E-state index contributed by atoms with van der Waals surface area (Å²) in [5, 5.41) is 12.8. The monoisotopic (exact) mass is 457 g/mol. The zero-order chi connectivity index (χ0) is 23.7. The van der Waals surface area contributed by atoms with Crippen LogP contribution in [0.25, 0.3) is 0 Å². The second kappa shape index (κ2) is 9.37. The summed E-state index contributed by atoms with van der Waals surface area (Å²) in [5.74, 6) is -0.352. The van der Waals surface area contributed by atoms with E-state index in [-0.39, 0.29) is 17.6 Å². The minimum atomic E-state index is -2.34. The van der Waals surface area contributed by atoms with Gasteiger partial charge in [0.05, 0.1) is 6.10 Å². The number of nitrogens with one attached hydrogen (secondary N) is 2. The zero-order valence-corrected chi connectivity index (χ0v) is 20.5. The quantitative estimate of drug-likeness (QED) is 0.512. The molecule has 11 heteroatoms. The Kier molecular flexibility index (Phi) is 7.70. The van der Waals surface area contributed by atoms with Gasteiger partial charge in [-0.1, -0.05) is 20.8 Å². The van der Waals surface area contributed by atoms with Crippen molar-refractivity contribution in [1.82, 2.24) is 14.9 Å². The fraction of sp³-hybridized carbons (Fsp3) is 0.750. The lowest BCUT2D eigenvalue weighted by Gasteiger charge is -2.40. The van der Waals surface area contributed by atoms with Gasteiger partial charge in [-0.15, -0.1) is 0 Å². The van der Waals surface area contributed by atoms with E-state index in [4.69, 9.17) is 13.9 Å². The zero-order valence-electron chi connectivity index (χ0n) is 19.5. The van der Waals surface area contributed by atoms with Crippen molar-refractivity contribution < 1.29 is 23.8 Å². The van der Waals surface area contributed by atoms with Crippen LogP contribution in [0.4, 0.5) is 0 Å². The van der Waals surface area contributed by atoms with Crippen LogP contribution in [-0.4, -0.2) is 67.0 Å². The Morgan fingerprint density at radius 2 is 1.97 bits per heavy atom. The molecule has 1 aromatic rings. The van der Waals surface area contributed by atoms with Gasteiger partial charge < -0.3 is 24.3 Å². The third-order valence-electron chi connectivity index (χ3n) is 6.04. The van der Waals surface area contributed by atoms with E-state index in [1.165, 1.54) is 17.8 Å². The lowest BCUT2D eigenvalue weighted by molar-refractivity contribution is -0.132. The Labute approximate surface area is 183 Å². The Bertz CT molecular complexity index is 903. The van der Waals surface area contributed by atoms with Crippen LogP contribution in [-0.2, 0) is 18.7 Å². The second-order valence-corrected chi connectivity index (χ2v) is 14.3. The summed E-state index contributed by atoms with van der Waals surface area (Å²) in [6.07, 6.45) is -2.93. The molecule has 3 N–H and O–H groups in total. The highest BCUT2D eigenvalue weighted by Crippen LogP contribution is 2.42. The van der Waals surface area contributed by atoms with Gasteiger partial charge in [0.1, 0.15) is 24.9 Å². The molecule has 1 fully saturated rings. The Balaban J connectivity index is 2.54. The van der Waals surface area contributed by atoms with Gasteiger partial charge in [-0.3, -0.25) is 19.1 Å². The van der Waals surface area contributed by atoms with E-state index in [9.17, 15) is 19.5 Å². The van der Waals surface area contributed by atoms with Crippen molar-refractivity contribution >= 4 is 14.2 Å². The average Bonchev–Trinajstić information content (AvgIpc) is 2.99. The molecule has 0 unspecified atom stereocenters. The van der Waals surface area contributed by atoms with Crippen molar-refractivity contribution in [3.8, 4) is 0 Å². The molecule has 0 bridgehead atoms. The third kappa shape index (κ3) is 5.53. The number of nitrogens with zero attached hydrogens (tertiary/aromatic N) is 1. The average molecular weight is 458 g/mol. The fourth-order valence-electron chi connectivity index (χ4n) is 3.12. The van der Waals surface area contributed by atoms with Gasteiger partial charge >= 0.3 is 5.69 Å². The molecule has 0 aliphatic carbocycles. The molecule has 1 amide bonds. The minimum absolute atomic E-state index is 0.134. The molecule has 1 aromatic heterocycles. The number of carbonyl (C=O) groups excluding carboxylic acids is 1. The van der Waals surface area contributed by atoms with E-state index in [1.807, 2.05) is 0 Å². The van der Waals surface area contributed by atoms with Crippen molar-refractivity contribution in [3.05, 3.63) is 32.6 Å². The number of likely N-dealkylation sites (N-methyl/N-ethyl adjacent to an activating group) is 1. The van der Waals surface area contributed by atoms with Crippen molar-refractivity contribution in [1.29, 1.82) is 0 Å². The number of aryl methyl sites for hydroxylation is 1. The number of hydrogen-bond acceptors (Lipinski definition) is 7. The fourth-order valence-corrected chi connectivity index (χ4v) is 4.43. The van der Waals surface area contributed by atoms with E-state index in [0.29, 0.717) is 5.56 Å². The van der Waals surface area contributed by atoms with E-state index in [2.05, 4.69) is 44.2 Å². The molecule has 176 valence electrons. The van der Waals surface area contributed by atoms with Crippen LogP contribution in [0.1, 0.15) is 39.5 Å². The smallest absolute Gasteiger partial charge is 0.330 e.